The van der Waals surface area contributed by atoms with Gasteiger partial charge in [-0.2, -0.15) is 0 Å². The fraction of sp³-hybridized carbons (Fsp3) is 0.333. The molecule has 0 unspecified atom stereocenters. The molecular formula is C18H20N2O3. The van der Waals surface area contributed by atoms with E-state index in [2.05, 4.69) is 18.0 Å². The maximum atomic E-state index is 11.6. The van der Waals surface area contributed by atoms with Gasteiger partial charge in [0.2, 0.25) is 6.41 Å². The van der Waals surface area contributed by atoms with E-state index in [1.54, 1.807) is 6.08 Å². The van der Waals surface area contributed by atoms with Crippen LogP contribution < -0.4 is 0 Å². The molecule has 1 aliphatic rings. The van der Waals surface area contributed by atoms with Crippen LogP contribution in [0.3, 0.4) is 0 Å². The Morgan fingerprint density at radius 3 is 2.91 bits per heavy atom. The van der Waals surface area contributed by atoms with Crippen LogP contribution >= 0.6 is 0 Å². The number of rotatable bonds is 3. The van der Waals surface area contributed by atoms with E-state index in [0.29, 0.717) is 13.0 Å². The number of hydrogen-bond donors (Lipinski definition) is 1. The molecule has 5 nitrogen and oxygen atoms in total. The molecule has 0 spiro atoms. The van der Waals surface area contributed by atoms with Gasteiger partial charge in [-0.3, -0.25) is 4.79 Å². The number of likely N-dealkylation sites (tertiary alicyclic amines) is 1. The van der Waals surface area contributed by atoms with E-state index >= 15 is 0 Å². The molecule has 120 valence electrons. The van der Waals surface area contributed by atoms with E-state index in [1.807, 2.05) is 29.3 Å². The molecule has 1 amide bonds. The highest BCUT2D eigenvalue weighted by Crippen LogP contribution is 2.40. The van der Waals surface area contributed by atoms with Crippen LogP contribution in [0.5, 0.6) is 0 Å². The maximum Gasteiger partial charge on any atom is 0.330 e. The van der Waals surface area contributed by atoms with Gasteiger partial charge in [-0.05, 0) is 12.5 Å². The van der Waals surface area contributed by atoms with Crippen LogP contribution in [-0.4, -0.2) is 35.9 Å². The highest BCUT2D eigenvalue weighted by atomic mass is 16.5. The quantitative estimate of drug-likeness (QED) is 0.538. The molecule has 1 aromatic heterocycles. The van der Waals surface area contributed by atoms with E-state index in [9.17, 15) is 9.59 Å². The second kappa shape index (κ2) is 6.28. The number of nitrogens with zero attached hydrogens (tertiary/aromatic N) is 1. The number of aromatic nitrogens is 1. The van der Waals surface area contributed by atoms with Crippen LogP contribution in [0.1, 0.15) is 24.9 Å². The second-order valence-electron chi connectivity index (χ2n) is 5.86. The predicted molar refractivity (Wildman–Crippen MR) is 87.7 cm³/mol. The largest absolute Gasteiger partial charge is 0.466 e. The third kappa shape index (κ3) is 2.74. The van der Waals surface area contributed by atoms with Gasteiger partial charge in [0.1, 0.15) is 0 Å². The van der Waals surface area contributed by atoms with Crippen molar-refractivity contribution in [2.75, 3.05) is 13.7 Å². The van der Waals surface area contributed by atoms with E-state index in [1.165, 1.54) is 7.11 Å². The summed E-state index contributed by atoms with van der Waals surface area (Å²) in [5, 5.41) is 1.11. The average Bonchev–Trinajstić information content (AvgIpc) is 3.00. The van der Waals surface area contributed by atoms with Crippen LogP contribution in [0.15, 0.2) is 42.1 Å². The summed E-state index contributed by atoms with van der Waals surface area (Å²) in [6.45, 7) is 2.65. The van der Waals surface area contributed by atoms with Crippen LogP contribution in [0.2, 0.25) is 0 Å². The van der Waals surface area contributed by atoms with Gasteiger partial charge in [-0.1, -0.05) is 30.7 Å². The fourth-order valence-corrected chi connectivity index (χ4v) is 3.43. The molecule has 1 N–H and O–H groups in total. The highest BCUT2D eigenvalue weighted by molar-refractivity contribution is 5.85. The first kappa shape index (κ1) is 15.3. The van der Waals surface area contributed by atoms with Crippen LogP contribution in [0.4, 0.5) is 0 Å². The predicted octanol–water partition coefficient (Wildman–Crippen LogP) is 2.81. The zero-order valence-corrected chi connectivity index (χ0v) is 13.3. The number of aromatic amines is 1. The van der Waals surface area contributed by atoms with Crippen molar-refractivity contribution in [1.29, 1.82) is 0 Å². The number of hydrogen-bond acceptors (Lipinski definition) is 3. The maximum absolute atomic E-state index is 11.6. The molecule has 2 atom stereocenters. The molecular weight excluding hydrogens is 292 g/mol. The lowest BCUT2D eigenvalue weighted by Crippen LogP contribution is -2.38. The normalized spacial score (nSPS) is 23.2. The van der Waals surface area contributed by atoms with Crippen molar-refractivity contribution in [3.05, 3.63) is 47.7 Å². The summed E-state index contributed by atoms with van der Waals surface area (Å²) in [5.74, 6) is -0.295. The Bertz CT molecular complexity index is 762. The number of carbonyl (C=O) groups excluding carboxylic acids is 2. The summed E-state index contributed by atoms with van der Waals surface area (Å²) < 4.78 is 4.75. The number of H-pyrrole nitrogens is 1. The topological polar surface area (TPSA) is 62.4 Å². The molecule has 0 radical (unpaired) electrons. The van der Waals surface area contributed by atoms with Gasteiger partial charge >= 0.3 is 5.97 Å². The smallest absolute Gasteiger partial charge is 0.330 e. The van der Waals surface area contributed by atoms with Crippen molar-refractivity contribution in [2.24, 2.45) is 5.92 Å². The average molecular weight is 312 g/mol. The van der Waals surface area contributed by atoms with Crippen molar-refractivity contribution in [1.82, 2.24) is 9.88 Å². The number of carbonyl (C=O) groups is 2. The Kier molecular flexibility index (Phi) is 4.19. The Morgan fingerprint density at radius 1 is 1.39 bits per heavy atom. The lowest BCUT2D eigenvalue weighted by Gasteiger charge is -2.39. The van der Waals surface area contributed by atoms with Crippen LogP contribution in [0.25, 0.3) is 10.9 Å². The van der Waals surface area contributed by atoms with Gasteiger partial charge in [0.25, 0.3) is 0 Å². The van der Waals surface area contributed by atoms with E-state index in [0.717, 1.165) is 28.4 Å². The number of amides is 1. The van der Waals surface area contributed by atoms with Crippen molar-refractivity contribution in [3.8, 4) is 0 Å². The summed E-state index contributed by atoms with van der Waals surface area (Å²) in [7, 11) is 1.38. The SMILES string of the molecule is COC(=O)C=C1CCN(C=O)[C@H](c2c[nH]c3ccccc23)[C@H]1C. The standard InChI is InChI=1S/C18H20N2O3/c1-12-13(9-17(22)23-2)7-8-20(11-21)18(12)15-10-19-16-6-4-3-5-14(15)16/h3-6,9-12,18-19H,7-8H2,1-2H3/t12-,18-/m0/s1. The van der Waals surface area contributed by atoms with E-state index in [4.69, 9.17) is 4.74 Å². The number of methoxy groups -OCH3 is 1. The van der Waals surface area contributed by atoms with Crippen molar-refractivity contribution in [3.63, 3.8) is 0 Å². The molecule has 1 aliphatic heterocycles. The number of esters is 1. The number of para-hydroxylation sites is 1. The molecule has 5 heteroatoms. The number of ether oxygens (including phenoxy) is 1. The minimum atomic E-state index is -0.343. The monoisotopic (exact) mass is 312 g/mol. The minimum Gasteiger partial charge on any atom is -0.466 e. The van der Waals surface area contributed by atoms with Gasteiger partial charge in [0.15, 0.2) is 0 Å². The summed E-state index contributed by atoms with van der Waals surface area (Å²) in [6.07, 6.45) is 5.11. The van der Waals surface area contributed by atoms with Crippen LogP contribution in [-0.2, 0) is 14.3 Å². The molecule has 0 aliphatic carbocycles. The minimum absolute atomic E-state index is 0.0484. The fourth-order valence-electron chi connectivity index (χ4n) is 3.43. The van der Waals surface area contributed by atoms with Crippen molar-refractivity contribution < 1.29 is 14.3 Å². The summed E-state index contributed by atoms with van der Waals surface area (Å²) >= 11 is 0. The Balaban J connectivity index is 2.04. The van der Waals surface area contributed by atoms with Crippen molar-refractivity contribution in [2.45, 2.75) is 19.4 Å². The van der Waals surface area contributed by atoms with Gasteiger partial charge in [-0.15, -0.1) is 0 Å². The summed E-state index contributed by atoms with van der Waals surface area (Å²) in [6, 6.07) is 7.95. The van der Waals surface area contributed by atoms with Gasteiger partial charge in [0.05, 0.1) is 13.2 Å². The summed E-state index contributed by atoms with van der Waals surface area (Å²) in [4.78, 5) is 28.2. The molecule has 1 fully saturated rings. The third-order valence-electron chi connectivity index (χ3n) is 4.65. The molecule has 1 saturated heterocycles. The molecule has 0 bridgehead atoms. The third-order valence-corrected chi connectivity index (χ3v) is 4.65. The van der Waals surface area contributed by atoms with Gasteiger partial charge < -0.3 is 14.6 Å². The first-order chi connectivity index (χ1) is 11.2. The molecule has 23 heavy (non-hydrogen) atoms. The first-order valence-electron chi connectivity index (χ1n) is 7.71. The lowest BCUT2D eigenvalue weighted by atomic mass is 9.82. The number of fused-ring (bicyclic) bond motifs is 1. The van der Waals surface area contributed by atoms with Crippen LogP contribution in [0, 0.1) is 5.92 Å². The Morgan fingerprint density at radius 2 is 2.17 bits per heavy atom. The number of benzene rings is 1. The second-order valence-corrected chi connectivity index (χ2v) is 5.86. The van der Waals surface area contributed by atoms with Gasteiger partial charge in [0, 0.05) is 41.2 Å². The molecule has 0 saturated carbocycles. The number of nitrogens with one attached hydrogen (secondary N) is 1. The Labute approximate surface area is 134 Å². The lowest BCUT2D eigenvalue weighted by molar-refractivity contribution is -0.134. The van der Waals surface area contributed by atoms with E-state index in [-0.39, 0.29) is 17.9 Å². The summed E-state index contributed by atoms with van der Waals surface area (Å²) in [5.41, 5.74) is 3.14. The zero-order chi connectivity index (χ0) is 16.4. The Hall–Kier alpha value is -2.56. The molecule has 1 aromatic carbocycles. The zero-order valence-electron chi connectivity index (χ0n) is 13.3. The highest BCUT2D eigenvalue weighted by Gasteiger charge is 2.34. The molecule has 3 rings (SSSR count). The molecule has 2 aromatic rings. The molecule has 2 heterocycles. The van der Waals surface area contributed by atoms with Gasteiger partial charge in [-0.25, -0.2) is 4.79 Å². The van der Waals surface area contributed by atoms with Crippen molar-refractivity contribution >= 4 is 23.3 Å². The van der Waals surface area contributed by atoms with E-state index < -0.39 is 0 Å². The number of piperidine rings is 1. The first-order valence-corrected chi connectivity index (χ1v) is 7.71.